The monoisotopic (exact) mass is 488 g/mol. The van der Waals surface area contributed by atoms with E-state index in [-0.39, 0.29) is 23.2 Å². The van der Waals surface area contributed by atoms with Crippen molar-refractivity contribution in [2.45, 2.75) is 143 Å². The fourth-order valence-corrected chi connectivity index (χ4v) is 4.55. The molecule has 0 bridgehead atoms. The summed E-state index contributed by atoms with van der Waals surface area (Å²) < 4.78 is 5.64. The van der Waals surface area contributed by atoms with Gasteiger partial charge in [-0.3, -0.25) is 4.79 Å². The molecule has 0 aliphatic heterocycles. The molecule has 0 radical (unpaired) electrons. The summed E-state index contributed by atoms with van der Waals surface area (Å²) in [6.07, 6.45) is 13.9. The normalized spacial score (nSPS) is 12.5. The molecule has 0 fully saturated rings. The van der Waals surface area contributed by atoms with E-state index >= 15 is 0 Å². The number of carbonyl (C=O) groups excluding carboxylic acids is 1. The quantitative estimate of drug-likeness (QED) is 0.222. The molecule has 1 aromatic carbocycles. The number of aryl methyl sites for hydroxylation is 1. The van der Waals surface area contributed by atoms with Crippen molar-refractivity contribution in [2.24, 2.45) is 5.92 Å². The molecule has 0 saturated carbocycles. The number of Topliss-reactive ketones (excluding diaryl/α,β-unsaturated/α-hetero) is 1. The second kappa shape index (κ2) is 15.7. The van der Waals surface area contributed by atoms with E-state index in [2.05, 4.69) is 67.5 Å². The Balaban J connectivity index is 2.25. The number of unbranched alkanes of at least 4 members (excludes halogenated alkanes) is 7. The first-order valence-electron chi connectivity index (χ1n) is 14.3. The van der Waals surface area contributed by atoms with Crippen molar-refractivity contribution in [2.75, 3.05) is 13.2 Å². The highest BCUT2D eigenvalue weighted by Crippen LogP contribution is 2.40. The first-order chi connectivity index (χ1) is 16.3. The van der Waals surface area contributed by atoms with Gasteiger partial charge in [-0.15, -0.1) is 0 Å². The van der Waals surface area contributed by atoms with Crippen LogP contribution in [0, 0.1) is 5.92 Å². The third kappa shape index (κ3) is 13.5. The van der Waals surface area contributed by atoms with Gasteiger partial charge in [0.15, 0.2) is 5.78 Å². The first-order valence-corrected chi connectivity index (χ1v) is 14.3. The summed E-state index contributed by atoms with van der Waals surface area (Å²) in [5, 5.41) is 10.9. The molecule has 0 atom stereocenters. The third-order valence-corrected chi connectivity index (χ3v) is 6.79. The van der Waals surface area contributed by atoms with Gasteiger partial charge in [-0.1, -0.05) is 119 Å². The number of ketones is 1. The fraction of sp³-hybridized carbons (Fsp3) is 0.781. The van der Waals surface area contributed by atoms with Crippen molar-refractivity contribution in [3.05, 3.63) is 28.8 Å². The van der Waals surface area contributed by atoms with Crippen LogP contribution in [-0.2, 0) is 26.8 Å². The second-order valence-electron chi connectivity index (χ2n) is 13.0. The van der Waals surface area contributed by atoms with Crippen LogP contribution in [0.5, 0.6) is 5.75 Å². The number of ether oxygens (including phenoxy) is 1. The first kappa shape index (κ1) is 31.7. The lowest BCUT2D eigenvalue weighted by Gasteiger charge is -2.28. The van der Waals surface area contributed by atoms with Crippen molar-refractivity contribution in [3.8, 4) is 5.75 Å². The van der Waals surface area contributed by atoms with Crippen LogP contribution in [0.25, 0.3) is 0 Å². The maximum Gasteiger partial charge on any atom is 0.158 e. The van der Waals surface area contributed by atoms with E-state index in [0.29, 0.717) is 18.8 Å². The predicted molar refractivity (Wildman–Crippen MR) is 151 cm³/mol. The molecule has 0 spiro atoms. The van der Waals surface area contributed by atoms with Crippen molar-refractivity contribution < 1.29 is 14.6 Å². The van der Waals surface area contributed by atoms with Crippen LogP contribution in [0.4, 0.5) is 0 Å². The molecule has 0 amide bonds. The molecule has 0 saturated heterocycles. The molecule has 202 valence electrons. The maximum absolute atomic E-state index is 12.3. The van der Waals surface area contributed by atoms with Gasteiger partial charge in [0.1, 0.15) is 12.4 Å². The van der Waals surface area contributed by atoms with Crippen LogP contribution in [0.3, 0.4) is 0 Å². The van der Waals surface area contributed by atoms with Crippen molar-refractivity contribution in [3.63, 3.8) is 0 Å². The molecule has 0 aromatic heterocycles. The number of rotatable bonds is 17. The van der Waals surface area contributed by atoms with E-state index in [0.717, 1.165) is 36.3 Å². The van der Waals surface area contributed by atoms with Gasteiger partial charge in [-0.05, 0) is 52.7 Å². The highest BCUT2D eigenvalue weighted by atomic mass is 16.5. The van der Waals surface area contributed by atoms with E-state index in [1.165, 1.54) is 56.9 Å². The Morgan fingerprint density at radius 2 is 1.29 bits per heavy atom. The zero-order chi connectivity index (χ0) is 26.5. The Labute approximate surface area is 217 Å². The third-order valence-electron chi connectivity index (χ3n) is 6.79. The molecule has 0 heterocycles. The van der Waals surface area contributed by atoms with Crippen LogP contribution in [0.2, 0.25) is 0 Å². The number of benzene rings is 1. The average Bonchev–Trinajstić information content (AvgIpc) is 2.73. The summed E-state index contributed by atoms with van der Waals surface area (Å²) >= 11 is 0. The summed E-state index contributed by atoms with van der Waals surface area (Å²) in [6, 6.07) is 4.24. The summed E-state index contributed by atoms with van der Waals surface area (Å²) in [6.45, 7) is 18.3. The predicted octanol–water partition coefficient (Wildman–Crippen LogP) is 9.06. The van der Waals surface area contributed by atoms with E-state index in [4.69, 9.17) is 4.74 Å². The van der Waals surface area contributed by atoms with Crippen LogP contribution in [-0.4, -0.2) is 24.1 Å². The van der Waals surface area contributed by atoms with Crippen LogP contribution in [0.15, 0.2) is 12.1 Å². The summed E-state index contributed by atoms with van der Waals surface area (Å²) in [5.74, 6) is 1.45. The van der Waals surface area contributed by atoms with E-state index in [1.54, 1.807) is 0 Å². The maximum atomic E-state index is 12.3. The summed E-state index contributed by atoms with van der Waals surface area (Å²) in [5.41, 5.74) is 2.92. The Kier molecular flexibility index (Phi) is 14.2. The lowest BCUT2D eigenvalue weighted by molar-refractivity contribution is -0.123. The molecule has 1 rings (SSSR count). The molecule has 0 unspecified atom stereocenters. The number of carbonyl (C=O) groups is 1. The average molecular weight is 489 g/mol. The minimum absolute atomic E-state index is 0.128. The van der Waals surface area contributed by atoms with Gasteiger partial charge >= 0.3 is 0 Å². The van der Waals surface area contributed by atoms with Gasteiger partial charge in [-0.25, -0.2) is 0 Å². The van der Waals surface area contributed by atoms with Crippen LogP contribution >= 0.6 is 0 Å². The standard InChI is InChI=1S/C32H56O3/c1-25(2)18-15-13-11-9-10-12-14-16-21-35-24-27(33)20-17-19-26-22-28(31(3,4)5)30(34)29(23-26)32(6,7)8/h22-23,25,34H,9-21,24H2,1-8H3. The minimum Gasteiger partial charge on any atom is -0.507 e. The van der Waals surface area contributed by atoms with Crippen molar-refractivity contribution in [1.29, 1.82) is 0 Å². The highest BCUT2D eigenvalue weighted by molar-refractivity contribution is 5.79. The summed E-state index contributed by atoms with van der Waals surface area (Å²) in [4.78, 5) is 12.3. The molecule has 1 N–H and O–H groups in total. The molecular weight excluding hydrogens is 432 g/mol. The van der Waals surface area contributed by atoms with E-state index in [9.17, 15) is 9.90 Å². The summed E-state index contributed by atoms with van der Waals surface area (Å²) in [7, 11) is 0. The lowest BCUT2D eigenvalue weighted by atomic mass is 9.78. The van der Waals surface area contributed by atoms with Gasteiger partial charge in [0, 0.05) is 13.0 Å². The zero-order valence-corrected chi connectivity index (χ0v) is 24.4. The Morgan fingerprint density at radius 1 is 0.800 bits per heavy atom. The molecule has 35 heavy (non-hydrogen) atoms. The minimum atomic E-state index is -0.128. The molecule has 3 nitrogen and oxygen atoms in total. The van der Waals surface area contributed by atoms with Gasteiger partial charge in [0.2, 0.25) is 0 Å². The number of hydrogen-bond donors (Lipinski definition) is 1. The number of aromatic hydroxyl groups is 1. The SMILES string of the molecule is CC(C)CCCCCCCCCCOCC(=O)CCCc1cc(C(C)(C)C)c(O)c(C(C)(C)C)c1. The molecule has 3 heteroatoms. The van der Waals surface area contributed by atoms with E-state index < -0.39 is 0 Å². The Morgan fingerprint density at radius 3 is 1.77 bits per heavy atom. The lowest BCUT2D eigenvalue weighted by Crippen LogP contribution is -2.18. The number of phenols is 1. The topological polar surface area (TPSA) is 46.5 Å². The fourth-order valence-electron chi connectivity index (χ4n) is 4.55. The molecular formula is C32H56O3. The van der Waals surface area contributed by atoms with Crippen molar-refractivity contribution >= 4 is 5.78 Å². The second-order valence-corrected chi connectivity index (χ2v) is 13.0. The van der Waals surface area contributed by atoms with Crippen molar-refractivity contribution in [1.82, 2.24) is 0 Å². The van der Waals surface area contributed by atoms with Crippen LogP contribution < -0.4 is 0 Å². The largest absolute Gasteiger partial charge is 0.507 e. The number of phenolic OH excluding ortho intramolecular Hbond substituents is 1. The molecule has 0 aliphatic carbocycles. The van der Waals surface area contributed by atoms with Gasteiger partial charge in [0.25, 0.3) is 0 Å². The number of hydrogen-bond acceptors (Lipinski definition) is 3. The van der Waals surface area contributed by atoms with Gasteiger partial charge in [-0.2, -0.15) is 0 Å². The molecule has 1 aromatic rings. The zero-order valence-electron chi connectivity index (χ0n) is 24.4. The Hall–Kier alpha value is -1.35. The van der Waals surface area contributed by atoms with Crippen LogP contribution in [0.1, 0.15) is 143 Å². The molecule has 0 aliphatic rings. The van der Waals surface area contributed by atoms with E-state index in [1.807, 2.05) is 0 Å². The smallest absolute Gasteiger partial charge is 0.158 e. The van der Waals surface area contributed by atoms with Gasteiger partial charge < -0.3 is 9.84 Å². The highest BCUT2D eigenvalue weighted by Gasteiger charge is 2.26. The Bertz CT molecular complexity index is 699. The van der Waals surface area contributed by atoms with Gasteiger partial charge in [0.05, 0.1) is 0 Å².